The monoisotopic (exact) mass is 336 g/mol. The Hall–Kier alpha value is -1.20. The van der Waals surface area contributed by atoms with E-state index in [1.54, 1.807) is 0 Å². The summed E-state index contributed by atoms with van der Waals surface area (Å²) < 4.78 is 2.95. The molecule has 2 aromatic rings. The Morgan fingerprint density at radius 3 is 2.60 bits per heavy atom. The lowest BCUT2D eigenvalue weighted by molar-refractivity contribution is 0.672. The molecule has 0 bridgehead atoms. The first-order valence-corrected chi connectivity index (χ1v) is 7.72. The molecule has 0 aliphatic rings. The molecule has 108 valence electrons. The summed E-state index contributed by atoms with van der Waals surface area (Å²) >= 11 is 3.56. The van der Waals surface area contributed by atoms with Crippen molar-refractivity contribution in [2.75, 3.05) is 6.54 Å². The zero-order valence-electron chi connectivity index (χ0n) is 12.5. The molecule has 0 atom stereocenters. The second-order valence-corrected chi connectivity index (χ2v) is 5.85. The Morgan fingerprint density at radius 2 is 2.05 bits per heavy atom. The molecule has 0 aliphatic heterocycles. The van der Waals surface area contributed by atoms with Crippen molar-refractivity contribution in [3.8, 4) is 5.82 Å². The van der Waals surface area contributed by atoms with Gasteiger partial charge in [-0.25, -0.2) is 9.67 Å². The van der Waals surface area contributed by atoms with Crippen LogP contribution in [0.15, 0.2) is 16.7 Å². The van der Waals surface area contributed by atoms with Gasteiger partial charge >= 0.3 is 0 Å². The molecule has 0 saturated carbocycles. The van der Waals surface area contributed by atoms with Crippen LogP contribution in [0.25, 0.3) is 5.82 Å². The zero-order chi connectivity index (χ0) is 14.7. The Kier molecular flexibility index (Phi) is 4.94. The van der Waals surface area contributed by atoms with Crippen LogP contribution in [0.5, 0.6) is 0 Å². The fourth-order valence-electron chi connectivity index (χ4n) is 2.18. The van der Waals surface area contributed by atoms with E-state index >= 15 is 0 Å². The average molecular weight is 337 g/mol. The Labute approximate surface area is 128 Å². The van der Waals surface area contributed by atoms with Gasteiger partial charge in [0.1, 0.15) is 0 Å². The van der Waals surface area contributed by atoms with E-state index in [2.05, 4.69) is 51.2 Å². The molecule has 0 radical (unpaired) electrons. The van der Waals surface area contributed by atoms with Gasteiger partial charge in [0.05, 0.1) is 15.9 Å². The number of hydrogen-bond acceptors (Lipinski definition) is 3. The van der Waals surface area contributed by atoms with Gasteiger partial charge in [-0.2, -0.15) is 5.10 Å². The smallest absolute Gasteiger partial charge is 0.156 e. The summed E-state index contributed by atoms with van der Waals surface area (Å²) in [5.41, 5.74) is 4.41. The highest BCUT2D eigenvalue weighted by Gasteiger charge is 2.13. The van der Waals surface area contributed by atoms with Crippen molar-refractivity contribution in [3.63, 3.8) is 0 Å². The number of rotatable bonds is 5. The maximum absolute atomic E-state index is 4.58. The Bertz CT molecular complexity index is 604. The molecule has 0 spiro atoms. The van der Waals surface area contributed by atoms with Crippen LogP contribution in [0.1, 0.15) is 35.9 Å². The first kappa shape index (κ1) is 15.2. The normalized spacial score (nSPS) is 11.1. The molecule has 0 aromatic carbocycles. The molecule has 0 aliphatic carbocycles. The van der Waals surface area contributed by atoms with E-state index in [1.807, 2.05) is 24.7 Å². The third-order valence-electron chi connectivity index (χ3n) is 3.27. The minimum absolute atomic E-state index is 0.864. The fraction of sp³-hybridized carbons (Fsp3) is 0.467. The van der Waals surface area contributed by atoms with Crippen molar-refractivity contribution in [1.82, 2.24) is 20.1 Å². The predicted octanol–water partition coefficient (Wildman–Crippen LogP) is 3.45. The quantitative estimate of drug-likeness (QED) is 0.850. The fourth-order valence-corrected chi connectivity index (χ4v) is 2.43. The highest BCUT2D eigenvalue weighted by molar-refractivity contribution is 9.10. The Morgan fingerprint density at radius 1 is 1.30 bits per heavy atom. The van der Waals surface area contributed by atoms with Crippen molar-refractivity contribution >= 4 is 15.9 Å². The topological polar surface area (TPSA) is 42.7 Å². The van der Waals surface area contributed by atoms with E-state index in [9.17, 15) is 0 Å². The van der Waals surface area contributed by atoms with Gasteiger partial charge in [0.15, 0.2) is 5.82 Å². The summed E-state index contributed by atoms with van der Waals surface area (Å²) in [6, 6.07) is 2.18. The molecule has 0 amide bonds. The second kappa shape index (κ2) is 6.50. The summed E-state index contributed by atoms with van der Waals surface area (Å²) in [4.78, 5) is 4.58. The van der Waals surface area contributed by atoms with E-state index < -0.39 is 0 Å². The molecule has 2 rings (SSSR count). The average Bonchev–Trinajstić information content (AvgIpc) is 2.67. The van der Waals surface area contributed by atoms with Crippen molar-refractivity contribution in [1.29, 1.82) is 0 Å². The van der Waals surface area contributed by atoms with E-state index in [4.69, 9.17) is 0 Å². The van der Waals surface area contributed by atoms with Crippen LogP contribution in [-0.2, 0) is 6.54 Å². The molecule has 0 unspecified atom stereocenters. The molecule has 2 aromatic heterocycles. The lowest BCUT2D eigenvalue weighted by Crippen LogP contribution is -2.14. The standard InChI is InChI=1S/C15H21BrN4/c1-5-6-17-8-13-7-10(2)15(18-9-13)20-12(4)14(16)11(3)19-20/h7,9,17H,5-6,8H2,1-4H3. The van der Waals surface area contributed by atoms with E-state index in [-0.39, 0.29) is 0 Å². The molecule has 4 nitrogen and oxygen atoms in total. The largest absolute Gasteiger partial charge is 0.313 e. The molecular formula is C15H21BrN4. The molecule has 0 saturated heterocycles. The highest BCUT2D eigenvalue weighted by Crippen LogP contribution is 2.23. The van der Waals surface area contributed by atoms with Crippen LogP contribution in [0.4, 0.5) is 0 Å². The van der Waals surface area contributed by atoms with Crippen LogP contribution in [0.2, 0.25) is 0 Å². The first-order chi connectivity index (χ1) is 9.54. The number of pyridine rings is 1. The van der Waals surface area contributed by atoms with Crippen LogP contribution >= 0.6 is 15.9 Å². The molecule has 5 heteroatoms. The molecule has 2 heterocycles. The van der Waals surface area contributed by atoms with E-state index in [0.717, 1.165) is 46.8 Å². The molecule has 1 N–H and O–H groups in total. The minimum atomic E-state index is 0.864. The van der Waals surface area contributed by atoms with Gasteiger partial charge in [0, 0.05) is 12.7 Å². The lowest BCUT2D eigenvalue weighted by atomic mass is 10.2. The van der Waals surface area contributed by atoms with Gasteiger partial charge in [-0.05, 0) is 66.9 Å². The Balaban J connectivity index is 2.27. The summed E-state index contributed by atoms with van der Waals surface area (Å²) in [6.45, 7) is 10.2. The molecular weight excluding hydrogens is 316 g/mol. The SMILES string of the molecule is CCCNCc1cnc(-n2nc(C)c(Br)c2C)c(C)c1. The van der Waals surface area contributed by atoms with Gasteiger partial charge in [0.2, 0.25) is 0 Å². The first-order valence-electron chi connectivity index (χ1n) is 6.93. The van der Waals surface area contributed by atoms with E-state index in [0.29, 0.717) is 0 Å². The maximum atomic E-state index is 4.58. The second-order valence-electron chi connectivity index (χ2n) is 5.06. The van der Waals surface area contributed by atoms with Crippen LogP contribution < -0.4 is 5.32 Å². The molecule has 0 fully saturated rings. The number of aromatic nitrogens is 3. The number of halogens is 1. The van der Waals surface area contributed by atoms with Crippen LogP contribution in [0.3, 0.4) is 0 Å². The zero-order valence-corrected chi connectivity index (χ0v) is 14.1. The summed E-state index contributed by atoms with van der Waals surface area (Å²) in [5, 5.41) is 7.93. The highest BCUT2D eigenvalue weighted by atomic mass is 79.9. The van der Waals surface area contributed by atoms with E-state index in [1.165, 1.54) is 5.56 Å². The summed E-state index contributed by atoms with van der Waals surface area (Å²) in [5.74, 6) is 0.899. The molecule has 20 heavy (non-hydrogen) atoms. The van der Waals surface area contributed by atoms with Crippen LogP contribution in [-0.4, -0.2) is 21.3 Å². The van der Waals surface area contributed by atoms with Gasteiger partial charge in [-0.1, -0.05) is 6.92 Å². The van der Waals surface area contributed by atoms with Gasteiger partial charge < -0.3 is 5.32 Å². The van der Waals surface area contributed by atoms with Crippen molar-refractivity contribution < 1.29 is 0 Å². The van der Waals surface area contributed by atoms with Gasteiger partial charge in [0.25, 0.3) is 0 Å². The summed E-state index contributed by atoms with van der Waals surface area (Å²) in [6.07, 6.45) is 3.07. The predicted molar refractivity (Wildman–Crippen MR) is 85.3 cm³/mol. The number of nitrogens with one attached hydrogen (secondary N) is 1. The lowest BCUT2D eigenvalue weighted by Gasteiger charge is -2.10. The van der Waals surface area contributed by atoms with Crippen molar-refractivity contribution in [3.05, 3.63) is 39.3 Å². The van der Waals surface area contributed by atoms with Crippen molar-refractivity contribution in [2.45, 2.75) is 40.7 Å². The third kappa shape index (κ3) is 3.10. The van der Waals surface area contributed by atoms with Gasteiger partial charge in [-0.3, -0.25) is 0 Å². The third-order valence-corrected chi connectivity index (χ3v) is 4.41. The number of aryl methyl sites for hydroxylation is 2. The van der Waals surface area contributed by atoms with Gasteiger partial charge in [-0.15, -0.1) is 0 Å². The number of hydrogen-bond donors (Lipinski definition) is 1. The minimum Gasteiger partial charge on any atom is -0.313 e. The van der Waals surface area contributed by atoms with Crippen LogP contribution in [0, 0.1) is 20.8 Å². The number of nitrogens with zero attached hydrogens (tertiary/aromatic N) is 3. The maximum Gasteiger partial charge on any atom is 0.156 e. The van der Waals surface area contributed by atoms with Crippen molar-refractivity contribution in [2.24, 2.45) is 0 Å². The summed E-state index contributed by atoms with van der Waals surface area (Å²) in [7, 11) is 0.